The van der Waals surface area contributed by atoms with Crippen molar-refractivity contribution < 1.29 is 19.1 Å². The van der Waals surface area contributed by atoms with Crippen molar-refractivity contribution in [1.82, 2.24) is 0 Å². The third-order valence-electron chi connectivity index (χ3n) is 3.25. The molecule has 0 unspecified atom stereocenters. The van der Waals surface area contributed by atoms with Crippen molar-refractivity contribution in [2.24, 2.45) is 0 Å². The molecule has 138 valence electrons. The Morgan fingerprint density at radius 2 is 1.93 bits per heavy atom. The average molecular weight is 382 g/mol. The minimum Gasteiger partial charge on any atom is -0.490 e. The van der Waals surface area contributed by atoms with Crippen LogP contribution < -0.4 is 10.1 Å². The molecule has 0 aromatic heterocycles. The fourth-order valence-corrected chi connectivity index (χ4v) is 2.72. The highest BCUT2D eigenvalue weighted by atomic mass is 32.2. The molecule has 1 amide bonds. The number of amides is 1. The lowest BCUT2D eigenvalue weighted by Gasteiger charge is -2.10. The van der Waals surface area contributed by atoms with Crippen LogP contribution in [0.1, 0.15) is 10.4 Å². The molecule has 0 fully saturated rings. The van der Waals surface area contributed by atoms with Gasteiger partial charge in [0.05, 0.1) is 23.1 Å². The van der Waals surface area contributed by atoms with Crippen LogP contribution in [0.25, 0.3) is 0 Å². The van der Waals surface area contributed by atoms with Crippen LogP contribution in [-0.2, 0) is 9.53 Å². The van der Waals surface area contributed by atoms with Crippen LogP contribution in [0.2, 0.25) is 0 Å². The molecule has 2 aromatic carbocycles. The van der Waals surface area contributed by atoms with Crippen LogP contribution in [0.15, 0.2) is 66.1 Å². The minimum absolute atomic E-state index is 0.272. The monoisotopic (exact) mass is 382 g/mol. The molecular formula is C20H18N2O4S. The van der Waals surface area contributed by atoms with Gasteiger partial charge in [-0.3, -0.25) is 4.79 Å². The third kappa shape index (κ3) is 6.53. The Balaban J connectivity index is 1.87. The first-order chi connectivity index (χ1) is 13.1. The van der Waals surface area contributed by atoms with E-state index in [1.54, 1.807) is 48.5 Å². The van der Waals surface area contributed by atoms with E-state index >= 15 is 0 Å². The van der Waals surface area contributed by atoms with Gasteiger partial charge in [-0.25, -0.2) is 4.79 Å². The maximum atomic E-state index is 12.1. The minimum atomic E-state index is -0.604. The van der Waals surface area contributed by atoms with Crippen molar-refractivity contribution in [3.63, 3.8) is 0 Å². The van der Waals surface area contributed by atoms with Crippen molar-refractivity contribution in [2.75, 3.05) is 24.3 Å². The lowest BCUT2D eigenvalue weighted by Crippen LogP contribution is -2.21. The van der Waals surface area contributed by atoms with Gasteiger partial charge in [0.15, 0.2) is 6.61 Å². The molecule has 0 bridgehead atoms. The quantitative estimate of drug-likeness (QED) is 0.404. The summed E-state index contributed by atoms with van der Waals surface area (Å²) in [6, 6.07) is 15.6. The second-order valence-corrected chi connectivity index (χ2v) is 6.21. The van der Waals surface area contributed by atoms with Gasteiger partial charge in [0.1, 0.15) is 12.4 Å². The number of esters is 1. The van der Waals surface area contributed by atoms with Gasteiger partial charge in [-0.2, -0.15) is 5.26 Å². The fourth-order valence-electron chi connectivity index (χ4n) is 2.05. The predicted octanol–water partition coefficient (Wildman–Crippen LogP) is 3.66. The lowest BCUT2D eigenvalue weighted by molar-refractivity contribution is -0.119. The summed E-state index contributed by atoms with van der Waals surface area (Å²) in [5.74, 6) is -0.184. The molecule has 0 spiro atoms. The number of nitrogens with zero attached hydrogens (tertiary/aromatic N) is 1. The highest BCUT2D eigenvalue weighted by Crippen LogP contribution is 2.26. The first-order valence-electron chi connectivity index (χ1n) is 8.03. The molecule has 6 nitrogen and oxygen atoms in total. The molecule has 0 aliphatic carbocycles. The van der Waals surface area contributed by atoms with Gasteiger partial charge in [0.2, 0.25) is 0 Å². The summed E-state index contributed by atoms with van der Waals surface area (Å²) in [6.07, 6.45) is 1.62. The number of para-hydroxylation sites is 1. The van der Waals surface area contributed by atoms with Gasteiger partial charge in [-0.15, -0.1) is 11.8 Å². The van der Waals surface area contributed by atoms with Gasteiger partial charge < -0.3 is 14.8 Å². The molecule has 7 heteroatoms. The predicted molar refractivity (Wildman–Crippen MR) is 104 cm³/mol. The van der Waals surface area contributed by atoms with Crippen LogP contribution in [0, 0.1) is 11.3 Å². The van der Waals surface area contributed by atoms with E-state index in [-0.39, 0.29) is 5.75 Å². The van der Waals surface area contributed by atoms with Gasteiger partial charge in [0, 0.05) is 4.90 Å². The lowest BCUT2D eigenvalue weighted by atomic mass is 10.2. The van der Waals surface area contributed by atoms with Gasteiger partial charge in [-0.1, -0.05) is 24.8 Å². The fraction of sp³-hybridized carbons (Fsp3) is 0.150. The number of anilines is 1. The zero-order valence-corrected chi connectivity index (χ0v) is 15.3. The van der Waals surface area contributed by atoms with E-state index < -0.39 is 18.5 Å². The Morgan fingerprint density at radius 3 is 2.63 bits per heavy atom. The molecule has 0 aliphatic rings. The van der Waals surface area contributed by atoms with Crippen molar-refractivity contribution in [2.45, 2.75) is 4.90 Å². The average Bonchev–Trinajstić information content (AvgIpc) is 2.70. The number of thioether (sulfide) groups is 1. The summed E-state index contributed by atoms with van der Waals surface area (Å²) in [4.78, 5) is 24.9. The maximum absolute atomic E-state index is 12.1. The second-order valence-electron chi connectivity index (χ2n) is 5.19. The first kappa shape index (κ1) is 20.1. The van der Waals surface area contributed by atoms with E-state index in [2.05, 4.69) is 11.9 Å². The van der Waals surface area contributed by atoms with Crippen molar-refractivity contribution in [3.8, 4) is 11.8 Å². The van der Waals surface area contributed by atoms with E-state index in [4.69, 9.17) is 14.7 Å². The normalized spacial score (nSPS) is 9.74. The van der Waals surface area contributed by atoms with Crippen LogP contribution in [0.3, 0.4) is 0 Å². The molecule has 0 saturated heterocycles. The van der Waals surface area contributed by atoms with E-state index in [1.807, 2.05) is 12.1 Å². The van der Waals surface area contributed by atoms with E-state index in [9.17, 15) is 9.59 Å². The number of benzene rings is 2. The molecule has 0 saturated carbocycles. The number of nitrogens with one attached hydrogen (secondary N) is 1. The van der Waals surface area contributed by atoms with Gasteiger partial charge in [0.25, 0.3) is 5.91 Å². The highest BCUT2D eigenvalue weighted by Gasteiger charge is 2.12. The summed E-state index contributed by atoms with van der Waals surface area (Å²) in [6.45, 7) is 3.52. The first-order valence-corrected chi connectivity index (χ1v) is 9.02. The Kier molecular flexibility index (Phi) is 7.94. The zero-order chi connectivity index (χ0) is 19.5. The second kappa shape index (κ2) is 10.7. The SMILES string of the molecule is C=CCOc1ccc(C(=O)OCC(=O)Nc2ccccc2SCC#N)cc1. The number of rotatable bonds is 9. The third-order valence-corrected chi connectivity index (χ3v) is 4.19. The molecule has 0 atom stereocenters. The standard InChI is InChI=1S/C20H18N2O4S/c1-2-12-25-16-9-7-15(8-10-16)20(24)26-14-19(23)22-17-5-3-4-6-18(17)27-13-11-21/h2-10H,1,12-14H2,(H,22,23). The van der Waals surface area contributed by atoms with Gasteiger partial charge in [-0.05, 0) is 36.4 Å². The van der Waals surface area contributed by atoms with Gasteiger partial charge >= 0.3 is 5.97 Å². The maximum Gasteiger partial charge on any atom is 0.338 e. The topological polar surface area (TPSA) is 88.4 Å². The Hall–Kier alpha value is -3.24. The van der Waals surface area contributed by atoms with Crippen molar-refractivity contribution in [1.29, 1.82) is 5.26 Å². The summed E-state index contributed by atoms with van der Waals surface area (Å²) >= 11 is 1.32. The summed E-state index contributed by atoms with van der Waals surface area (Å²) < 4.78 is 10.4. The van der Waals surface area contributed by atoms with E-state index in [1.165, 1.54) is 11.8 Å². The zero-order valence-electron chi connectivity index (χ0n) is 14.5. The number of hydrogen-bond acceptors (Lipinski definition) is 6. The summed E-state index contributed by atoms with van der Waals surface area (Å²) in [5, 5.41) is 11.4. The Bertz CT molecular complexity index is 844. The molecule has 1 N–H and O–H groups in total. The van der Waals surface area contributed by atoms with E-state index in [0.29, 0.717) is 23.6 Å². The Morgan fingerprint density at radius 1 is 1.19 bits per heavy atom. The molecule has 0 radical (unpaired) electrons. The molecule has 0 aliphatic heterocycles. The Labute approximate surface area is 161 Å². The van der Waals surface area contributed by atoms with Crippen LogP contribution in [0.5, 0.6) is 5.75 Å². The van der Waals surface area contributed by atoms with Crippen LogP contribution in [-0.4, -0.2) is 30.8 Å². The number of nitriles is 1. The van der Waals surface area contributed by atoms with Crippen molar-refractivity contribution in [3.05, 3.63) is 66.7 Å². The van der Waals surface area contributed by atoms with Crippen molar-refractivity contribution >= 4 is 29.3 Å². The molecule has 27 heavy (non-hydrogen) atoms. The number of carbonyl (C=O) groups is 2. The molecule has 2 rings (SSSR count). The van der Waals surface area contributed by atoms with E-state index in [0.717, 1.165) is 4.90 Å². The smallest absolute Gasteiger partial charge is 0.338 e. The summed E-state index contributed by atoms with van der Waals surface area (Å²) in [5.41, 5.74) is 0.890. The number of ether oxygens (including phenoxy) is 2. The molecular weight excluding hydrogens is 364 g/mol. The van der Waals surface area contributed by atoms with Crippen LogP contribution in [0.4, 0.5) is 5.69 Å². The molecule has 0 heterocycles. The largest absolute Gasteiger partial charge is 0.490 e. The van der Waals surface area contributed by atoms with Crippen LogP contribution >= 0.6 is 11.8 Å². The highest BCUT2D eigenvalue weighted by molar-refractivity contribution is 7.99. The number of hydrogen-bond donors (Lipinski definition) is 1. The molecule has 2 aromatic rings. The number of carbonyl (C=O) groups excluding carboxylic acids is 2. The summed E-state index contributed by atoms with van der Waals surface area (Å²) in [7, 11) is 0.